The fraction of sp³-hybridized carbons (Fsp3) is 0.235. The van der Waals surface area contributed by atoms with Gasteiger partial charge in [-0.05, 0) is 53.3 Å². The van der Waals surface area contributed by atoms with E-state index < -0.39 is 23.6 Å². The van der Waals surface area contributed by atoms with Gasteiger partial charge in [-0.3, -0.25) is 9.63 Å². The molecule has 0 saturated carbocycles. The molecule has 140 valence electrons. The maximum Gasteiger partial charge on any atom is 0.277 e. The zero-order chi connectivity index (χ0) is 19.3. The highest BCUT2D eigenvalue weighted by atomic mass is 127. The molecule has 1 unspecified atom stereocenters. The van der Waals surface area contributed by atoms with Gasteiger partial charge in [-0.15, -0.1) is 0 Å². The monoisotopic (exact) mass is 496 g/mol. The van der Waals surface area contributed by atoms with E-state index in [0.717, 1.165) is 15.7 Å². The summed E-state index contributed by atoms with van der Waals surface area (Å²) in [5.74, 6) is -3.09. The highest BCUT2D eigenvalue weighted by Crippen LogP contribution is 2.30. The molecule has 1 atom stereocenters. The van der Waals surface area contributed by atoms with Gasteiger partial charge in [0.1, 0.15) is 6.10 Å². The molecule has 0 radical (unpaired) electrons. The summed E-state index contributed by atoms with van der Waals surface area (Å²) in [5.41, 5.74) is 2.40. The standard InChI is InChI=1S/C17H16ClF2IN2O3/c1-2-10(8-24)26-23-17(25)11-6-13(19)14(20)7-16(11)22-15-4-3-9(21)5-12(15)18/h3-7,10,22,24H,2,8H2,1H3,(H,23,25). The van der Waals surface area contributed by atoms with Gasteiger partial charge in [-0.25, -0.2) is 14.3 Å². The minimum atomic E-state index is -1.18. The van der Waals surface area contributed by atoms with Crippen molar-refractivity contribution in [2.24, 2.45) is 0 Å². The average molecular weight is 497 g/mol. The second-order valence-corrected chi connectivity index (χ2v) is 6.98. The van der Waals surface area contributed by atoms with Crippen molar-refractivity contribution in [3.63, 3.8) is 0 Å². The number of aliphatic hydroxyl groups is 1. The first-order valence-electron chi connectivity index (χ1n) is 7.63. The van der Waals surface area contributed by atoms with Gasteiger partial charge < -0.3 is 10.4 Å². The second kappa shape index (κ2) is 9.45. The van der Waals surface area contributed by atoms with Crippen LogP contribution >= 0.6 is 34.2 Å². The van der Waals surface area contributed by atoms with Crippen LogP contribution in [0.4, 0.5) is 20.2 Å². The number of aliphatic hydroxyl groups excluding tert-OH is 1. The number of anilines is 2. The Morgan fingerprint density at radius 1 is 1.27 bits per heavy atom. The third-order valence-electron chi connectivity index (χ3n) is 3.48. The number of hydrogen-bond donors (Lipinski definition) is 3. The van der Waals surface area contributed by atoms with Crippen molar-refractivity contribution in [1.29, 1.82) is 0 Å². The van der Waals surface area contributed by atoms with Crippen LogP contribution in [0, 0.1) is 15.2 Å². The van der Waals surface area contributed by atoms with E-state index in [4.69, 9.17) is 21.5 Å². The number of carbonyl (C=O) groups excluding carboxylic acids is 1. The molecule has 0 saturated heterocycles. The smallest absolute Gasteiger partial charge is 0.277 e. The lowest BCUT2D eigenvalue weighted by molar-refractivity contribution is -0.0408. The van der Waals surface area contributed by atoms with E-state index in [1.165, 1.54) is 0 Å². The molecular formula is C17H16ClF2IN2O3. The maximum atomic E-state index is 13.7. The highest BCUT2D eigenvalue weighted by Gasteiger charge is 2.18. The zero-order valence-corrected chi connectivity index (χ0v) is 16.6. The number of hydrogen-bond acceptors (Lipinski definition) is 4. The fourth-order valence-electron chi connectivity index (χ4n) is 2.02. The molecule has 3 N–H and O–H groups in total. The van der Waals surface area contributed by atoms with Crippen molar-refractivity contribution in [3.05, 3.63) is 56.1 Å². The molecule has 0 aliphatic carbocycles. The largest absolute Gasteiger partial charge is 0.394 e. The summed E-state index contributed by atoms with van der Waals surface area (Å²) < 4.78 is 28.2. The minimum Gasteiger partial charge on any atom is -0.394 e. The number of rotatable bonds is 7. The lowest BCUT2D eigenvalue weighted by atomic mass is 10.1. The number of halogens is 4. The van der Waals surface area contributed by atoms with Crippen LogP contribution in [0.2, 0.25) is 5.02 Å². The molecule has 1 amide bonds. The van der Waals surface area contributed by atoms with E-state index in [9.17, 15) is 13.6 Å². The SMILES string of the molecule is CCC(CO)ONC(=O)c1cc(F)c(F)cc1Nc1ccc(I)cc1Cl. The Kier molecular flexibility index (Phi) is 7.56. The Bertz CT molecular complexity index is 804. The summed E-state index contributed by atoms with van der Waals surface area (Å²) in [6.07, 6.45) is -0.149. The van der Waals surface area contributed by atoms with Gasteiger partial charge in [0, 0.05) is 9.64 Å². The Balaban J connectivity index is 2.30. The molecule has 0 heterocycles. The first kappa shape index (κ1) is 20.8. The fourth-order valence-corrected chi connectivity index (χ4v) is 2.92. The van der Waals surface area contributed by atoms with Crippen LogP contribution in [-0.4, -0.2) is 23.7 Å². The highest BCUT2D eigenvalue weighted by molar-refractivity contribution is 14.1. The third-order valence-corrected chi connectivity index (χ3v) is 4.47. The van der Waals surface area contributed by atoms with Crippen molar-refractivity contribution in [1.82, 2.24) is 5.48 Å². The molecule has 0 fully saturated rings. The Morgan fingerprint density at radius 3 is 2.58 bits per heavy atom. The lowest BCUT2D eigenvalue weighted by Crippen LogP contribution is -2.31. The lowest BCUT2D eigenvalue weighted by Gasteiger charge is -2.16. The van der Waals surface area contributed by atoms with Gasteiger partial charge >= 0.3 is 0 Å². The van der Waals surface area contributed by atoms with E-state index in [2.05, 4.69) is 33.4 Å². The summed E-state index contributed by atoms with van der Waals surface area (Å²) >= 11 is 8.22. The maximum absolute atomic E-state index is 13.7. The van der Waals surface area contributed by atoms with Gasteiger partial charge in [0.25, 0.3) is 5.91 Å². The summed E-state index contributed by atoms with van der Waals surface area (Å²) in [4.78, 5) is 17.4. The molecular weight excluding hydrogens is 481 g/mol. The summed E-state index contributed by atoms with van der Waals surface area (Å²) in [6, 6.07) is 6.73. The molecule has 9 heteroatoms. The van der Waals surface area contributed by atoms with Crippen molar-refractivity contribution in [3.8, 4) is 0 Å². The summed E-state index contributed by atoms with van der Waals surface area (Å²) in [6.45, 7) is 1.47. The van der Waals surface area contributed by atoms with Gasteiger partial charge in [-0.1, -0.05) is 18.5 Å². The second-order valence-electron chi connectivity index (χ2n) is 5.32. The molecule has 0 aliphatic rings. The van der Waals surface area contributed by atoms with E-state index in [0.29, 0.717) is 17.1 Å². The van der Waals surface area contributed by atoms with Crippen LogP contribution in [0.25, 0.3) is 0 Å². The van der Waals surface area contributed by atoms with Gasteiger partial charge in [-0.2, -0.15) is 0 Å². The topological polar surface area (TPSA) is 70.6 Å². The van der Waals surface area contributed by atoms with Gasteiger partial charge in [0.05, 0.1) is 28.6 Å². The number of carbonyl (C=O) groups is 1. The minimum absolute atomic E-state index is 0.0187. The van der Waals surface area contributed by atoms with Crippen LogP contribution in [0.3, 0.4) is 0 Å². The van der Waals surface area contributed by atoms with Crippen LogP contribution in [-0.2, 0) is 4.84 Å². The summed E-state index contributed by atoms with van der Waals surface area (Å²) in [5, 5.41) is 12.3. The Labute approximate surface area is 167 Å². The van der Waals surface area contributed by atoms with Crippen molar-refractivity contribution in [2.75, 3.05) is 11.9 Å². The van der Waals surface area contributed by atoms with Gasteiger partial charge in [0.2, 0.25) is 0 Å². The Hall–Kier alpha value is -1.49. The van der Waals surface area contributed by atoms with Gasteiger partial charge in [0.15, 0.2) is 11.6 Å². The van der Waals surface area contributed by atoms with Crippen molar-refractivity contribution < 1.29 is 23.5 Å². The van der Waals surface area contributed by atoms with Crippen molar-refractivity contribution >= 4 is 51.5 Å². The van der Waals surface area contributed by atoms with E-state index in [1.807, 2.05) is 0 Å². The van der Waals surface area contributed by atoms with E-state index >= 15 is 0 Å². The number of amides is 1. The number of hydroxylamine groups is 1. The molecule has 26 heavy (non-hydrogen) atoms. The Morgan fingerprint density at radius 2 is 1.96 bits per heavy atom. The molecule has 0 aromatic heterocycles. The van der Waals surface area contributed by atoms with Crippen molar-refractivity contribution in [2.45, 2.75) is 19.4 Å². The number of benzene rings is 2. The first-order chi connectivity index (χ1) is 12.3. The van der Waals surface area contributed by atoms with Crippen LogP contribution in [0.15, 0.2) is 30.3 Å². The predicted molar refractivity (Wildman–Crippen MR) is 104 cm³/mol. The first-order valence-corrected chi connectivity index (χ1v) is 9.09. The molecule has 5 nitrogen and oxygen atoms in total. The van der Waals surface area contributed by atoms with Crippen LogP contribution in [0.1, 0.15) is 23.7 Å². The molecule has 0 bridgehead atoms. The molecule has 0 spiro atoms. The van der Waals surface area contributed by atoms with E-state index in [-0.39, 0.29) is 17.9 Å². The quantitative estimate of drug-likeness (QED) is 0.393. The van der Waals surface area contributed by atoms with Crippen LogP contribution in [0.5, 0.6) is 0 Å². The molecule has 2 aromatic rings. The predicted octanol–water partition coefficient (Wildman–Crippen LogP) is 4.40. The van der Waals surface area contributed by atoms with E-state index in [1.54, 1.807) is 25.1 Å². The molecule has 2 aromatic carbocycles. The number of nitrogens with one attached hydrogen (secondary N) is 2. The molecule has 0 aliphatic heterocycles. The van der Waals surface area contributed by atoms with Crippen LogP contribution < -0.4 is 10.8 Å². The summed E-state index contributed by atoms with van der Waals surface area (Å²) in [7, 11) is 0. The third kappa shape index (κ3) is 5.26. The normalized spacial score (nSPS) is 11.9. The molecule has 2 rings (SSSR count). The zero-order valence-electron chi connectivity index (χ0n) is 13.7. The average Bonchev–Trinajstić information content (AvgIpc) is 2.61.